The highest BCUT2D eigenvalue weighted by atomic mass is 16.6. The van der Waals surface area contributed by atoms with Gasteiger partial charge in [-0.3, -0.25) is 19.1 Å². The molecule has 3 heterocycles. The summed E-state index contributed by atoms with van der Waals surface area (Å²) in [7, 11) is 0. The molecule has 0 aromatic carbocycles. The molecule has 12 heteroatoms. The second kappa shape index (κ2) is 6.41. The Morgan fingerprint density at radius 2 is 2.31 bits per heavy atom. The van der Waals surface area contributed by atoms with E-state index in [4.69, 9.17) is 16.2 Å². The Morgan fingerprint density at radius 1 is 1.62 bits per heavy atom. The first kappa shape index (κ1) is 18.4. The van der Waals surface area contributed by atoms with E-state index in [1.54, 1.807) is 0 Å². The van der Waals surface area contributed by atoms with Gasteiger partial charge in [0.25, 0.3) is 5.56 Å². The first-order valence-electron chi connectivity index (χ1n) is 7.89. The molecule has 0 saturated carbocycles. The number of aromatic nitrogens is 4. The van der Waals surface area contributed by atoms with Gasteiger partial charge in [0.05, 0.1) is 24.9 Å². The summed E-state index contributed by atoms with van der Waals surface area (Å²) in [5, 5.41) is 29.3. The third kappa shape index (κ3) is 2.68. The van der Waals surface area contributed by atoms with Gasteiger partial charge in [-0.15, -0.1) is 0 Å². The minimum absolute atomic E-state index is 0.0526. The van der Waals surface area contributed by atoms with Crippen molar-refractivity contribution in [2.75, 3.05) is 12.3 Å². The number of hydrogen-bond acceptors (Lipinski definition) is 10. The molecule has 1 aliphatic heterocycles. The number of imidazole rings is 1. The monoisotopic (exact) mass is 368 g/mol. The number of aliphatic hydroxyl groups is 3. The maximum Gasteiger partial charge on any atom is 0.280 e. The Balaban J connectivity index is 2.23. The van der Waals surface area contributed by atoms with Crippen molar-refractivity contribution < 1.29 is 24.9 Å². The molecule has 26 heavy (non-hydrogen) atoms. The molecule has 1 fully saturated rings. The standard InChI is InChI=1S/C14H20N6O6/c1-5(22)8(15)10(24)14(2-6(23)7(3-21)26-14)20-4-17-9-11(20)18-13(16)19-12(9)25/h4-8,21-23H,2-3,15H2,1H3,(H3,16,18,19,25)/t5?,6-,7+,8?,14-/m0/s1. The number of aromatic amines is 1. The number of H-pyrrole nitrogens is 1. The zero-order valence-electron chi connectivity index (χ0n) is 13.9. The van der Waals surface area contributed by atoms with Gasteiger partial charge in [0, 0.05) is 6.42 Å². The lowest BCUT2D eigenvalue weighted by atomic mass is 9.94. The van der Waals surface area contributed by atoms with E-state index < -0.39 is 48.0 Å². The SMILES string of the molecule is CC(O)C(N)C(=O)[C@]1(n2cnc3c(=O)[nH]c(N)nc32)C[C@H](O)[C@@H](CO)O1. The highest BCUT2D eigenvalue weighted by Gasteiger charge is 2.55. The molecule has 1 aliphatic rings. The number of nitrogen functional groups attached to an aromatic ring is 1. The molecule has 8 N–H and O–H groups in total. The van der Waals surface area contributed by atoms with E-state index in [1.807, 2.05) is 0 Å². The van der Waals surface area contributed by atoms with Crippen molar-refractivity contribution in [2.24, 2.45) is 5.73 Å². The number of nitrogens with zero attached hydrogens (tertiary/aromatic N) is 3. The number of anilines is 1. The van der Waals surface area contributed by atoms with E-state index in [0.29, 0.717) is 0 Å². The Labute approximate surface area is 146 Å². The quantitative estimate of drug-likeness (QED) is 0.311. The fraction of sp³-hybridized carbons (Fsp3) is 0.571. The van der Waals surface area contributed by atoms with Crippen LogP contribution in [0.4, 0.5) is 5.95 Å². The van der Waals surface area contributed by atoms with Gasteiger partial charge in [0.1, 0.15) is 12.4 Å². The number of carbonyl (C=O) groups is 1. The first-order chi connectivity index (χ1) is 12.2. The van der Waals surface area contributed by atoms with Crippen LogP contribution in [0.5, 0.6) is 0 Å². The molecule has 0 bridgehead atoms. The summed E-state index contributed by atoms with van der Waals surface area (Å²) >= 11 is 0. The predicted molar refractivity (Wildman–Crippen MR) is 87.8 cm³/mol. The molecule has 2 unspecified atom stereocenters. The third-order valence-electron chi connectivity index (χ3n) is 4.46. The first-order valence-corrected chi connectivity index (χ1v) is 7.89. The zero-order valence-corrected chi connectivity index (χ0v) is 13.9. The van der Waals surface area contributed by atoms with E-state index in [2.05, 4.69) is 15.0 Å². The third-order valence-corrected chi connectivity index (χ3v) is 4.46. The van der Waals surface area contributed by atoms with Gasteiger partial charge in [0.15, 0.2) is 11.2 Å². The van der Waals surface area contributed by atoms with E-state index in [0.717, 1.165) is 10.9 Å². The maximum absolute atomic E-state index is 13.0. The number of Topliss-reactive ketones (excluding diaryl/α,β-unsaturated/α-hetero) is 1. The molecule has 0 amide bonds. The summed E-state index contributed by atoms with van der Waals surface area (Å²) in [4.78, 5) is 35.2. The molecule has 142 valence electrons. The van der Waals surface area contributed by atoms with Crippen LogP contribution in [0.3, 0.4) is 0 Å². The van der Waals surface area contributed by atoms with Crippen molar-refractivity contribution in [3.05, 3.63) is 16.7 Å². The van der Waals surface area contributed by atoms with Gasteiger partial charge >= 0.3 is 0 Å². The van der Waals surface area contributed by atoms with E-state index in [-0.39, 0.29) is 23.5 Å². The molecule has 0 radical (unpaired) electrons. The number of nitrogens with two attached hydrogens (primary N) is 2. The number of fused-ring (bicyclic) bond motifs is 1. The van der Waals surface area contributed by atoms with Gasteiger partial charge in [0.2, 0.25) is 17.5 Å². The minimum atomic E-state index is -1.91. The van der Waals surface area contributed by atoms with Crippen LogP contribution in [-0.4, -0.2) is 71.6 Å². The van der Waals surface area contributed by atoms with Crippen LogP contribution in [0.2, 0.25) is 0 Å². The Kier molecular flexibility index (Phi) is 4.54. The maximum atomic E-state index is 13.0. The van der Waals surface area contributed by atoms with Crippen LogP contribution in [0.1, 0.15) is 13.3 Å². The zero-order chi connectivity index (χ0) is 19.2. The number of hydrogen-bond donors (Lipinski definition) is 6. The van der Waals surface area contributed by atoms with Gasteiger partial charge in [-0.05, 0) is 6.92 Å². The number of aliphatic hydroxyl groups excluding tert-OH is 3. The summed E-state index contributed by atoms with van der Waals surface area (Å²) in [5.41, 5.74) is 8.69. The molecular weight excluding hydrogens is 348 g/mol. The topological polar surface area (TPSA) is 203 Å². The highest BCUT2D eigenvalue weighted by Crippen LogP contribution is 2.38. The molecule has 2 aromatic heterocycles. The lowest BCUT2D eigenvalue weighted by molar-refractivity contribution is -0.164. The molecule has 5 atom stereocenters. The molecule has 1 saturated heterocycles. The van der Waals surface area contributed by atoms with Crippen molar-refractivity contribution in [3.8, 4) is 0 Å². The molecule has 0 aliphatic carbocycles. The van der Waals surface area contributed by atoms with Gasteiger partial charge < -0.3 is 31.5 Å². The lowest BCUT2D eigenvalue weighted by Gasteiger charge is -2.32. The number of rotatable bonds is 5. The highest BCUT2D eigenvalue weighted by molar-refractivity contribution is 5.92. The number of carbonyl (C=O) groups excluding carboxylic acids is 1. The minimum Gasteiger partial charge on any atom is -0.394 e. The van der Waals surface area contributed by atoms with E-state index in [1.165, 1.54) is 6.92 Å². The van der Waals surface area contributed by atoms with Gasteiger partial charge in [-0.2, -0.15) is 4.98 Å². The van der Waals surface area contributed by atoms with Gasteiger partial charge in [-0.1, -0.05) is 0 Å². The normalized spacial score (nSPS) is 28.3. The van der Waals surface area contributed by atoms with Crippen LogP contribution in [0.15, 0.2) is 11.1 Å². The predicted octanol–water partition coefficient (Wildman–Crippen LogP) is -3.23. The lowest BCUT2D eigenvalue weighted by Crippen LogP contribution is -2.54. The van der Waals surface area contributed by atoms with Crippen LogP contribution in [-0.2, 0) is 15.3 Å². The van der Waals surface area contributed by atoms with Crippen LogP contribution < -0.4 is 17.0 Å². The second-order valence-corrected chi connectivity index (χ2v) is 6.26. The average Bonchev–Trinajstić information content (AvgIpc) is 3.15. The average molecular weight is 368 g/mol. The number of ketones is 1. The summed E-state index contributed by atoms with van der Waals surface area (Å²) in [6.45, 7) is 0.779. The number of nitrogens with one attached hydrogen (secondary N) is 1. The smallest absolute Gasteiger partial charge is 0.280 e. The molecule has 0 spiro atoms. The van der Waals surface area contributed by atoms with Crippen molar-refractivity contribution in [2.45, 2.75) is 43.4 Å². The molecule has 2 aromatic rings. The fourth-order valence-corrected chi connectivity index (χ4v) is 3.05. The summed E-state index contributed by atoms with van der Waals surface area (Å²) in [6.07, 6.45) is -2.61. The summed E-state index contributed by atoms with van der Waals surface area (Å²) in [6, 6.07) is -1.35. The largest absolute Gasteiger partial charge is 0.394 e. The van der Waals surface area contributed by atoms with E-state index in [9.17, 15) is 24.9 Å². The number of ether oxygens (including phenoxy) is 1. The Bertz CT molecular complexity index is 894. The Hall–Kier alpha value is -2.38. The Morgan fingerprint density at radius 3 is 2.88 bits per heavy atom. The molecular formula is C14H20N6O6. The van der Waals surface area contributed by atoms with Crippen LogP contribution >= 0.6 is 0 Å². The molecule has 3 rings (SSSR count). The summed E-state index contributed by atoms with van der Waals surface area (Å²) in [5.74, 6) is -0.966. The van der Waals surface area contributed by atoms with E-state index >= 15 is 0 Å². The molecule has 12 nitrogen and oxygen atoms in total. The van der Waals surface area contributed by atoms with Crippen molar-refractivity contribution in [1.82, 2.24) is 19.5 Å². The van der Waals surface area contributed by atoms with Gasteiger partial charge in [-0.25, -0.2) is 4.98 Å². The second-order valence-electron chi connectivity index (χ2n) is 6.26. The fourth-order valence-electron chi connectivity index (χ4n) is 3.05. The summed E-state index contributed by atoms with van der Waals surface area (Å²) < 4.78 is 6.82. The van der Waals surface area contributed by atoms with Crippen molar-refractivity contribution in [3.63, 3.8) is 0 Å². The van der Waals surface area contributed by atoms with Crippen LogP contribution in [0, 0.1) is 0 Å². The van der Waals surface area contributed by atoms with Crippen molar-refractivity contribution >= 4 is 22.9 Å². The van der Waals surface area contributed by atoms with Crippen molar-refractivity contribution in [1.29, 1.82) is 0 Å². The van der Waals surface area contributed by atoms with Crippen LogP contribution in [0.25, 0.3) is 11.2 Å².